The number of halogens is 3. The summed E-state index contributed by atoms with van der Waals surface area (Å²) < 4.78 is 41.9. The van der Waals surface area contributed by atoms with Gasteiger partial charge in [0.1, 0.15) is 16.4 Å². The van der Waals surface area contributed by atoms with Gasteiger partial charge in [0, 0.05) is 48.0 Å². The minimum absolute atomic E-state index is 0.0110. The Bertz CT molecular complexity index is 1750. The third-order valence-corrected chi connectivity index (χ3v) is 8.17. The van der Waals surface area contributed by atoms with Crippen molar-refractivity contribution < 1.29 is 27.9 Å². The molecule has 226 valence electrons. The first kappa shape index (κ1) is 30.1. The van der Waals surface area contributed by atoms with Crippen LogP contribution in [0.2, 0.25) is 0 Å². The number of carbonyl (C=O) groups is 2. The molecular formula is C28H28F3N7O4S. The highest BCUT2D eigenvalue weighted by atomic mass is 32.1. The van der Waals surface area contributed by atoms with E-state index in [2.05, 4.69) is 37.4 Å². The summed E-state index contributed by atoms with van der Waals surface area (Å²) in [4.78, 5) is 52.3. The predicted molar refractivity (Wildman–Crippen MR) is 155 cm³/mol. The molecule has 1 saturated heterocycles. The largest absolute Gasteiger partial charge is 0.477 e. The van der Waals surface area contributed by atoms with Crippen LogP contribution in [0.15, 0.2) is 40.9 Å². The van der Waals surface area contributed by atoms with E-state index < -0.39 is 34.9 Å². The molecule has 0 aromatic carbocycles. The number of nitrogens with one attached hydrogen (secondary N) is 2. The SMILES string of the molecule is CCNC(=O)Nc1cc(-c2nc(C(F)(F)F)cs2)c(-c2cc3c(=O)c(C(=O)O)cn(CC4CCCN4CC)c3cn2)cn1. The van der Waals surface area contributed by atoms with Gasteiger partial charge in [-0.1, -0.05) is 6.92 Å². The van der Waals surface area contributed by atoms with Crippen molar-refractivity contribution in [3.05, 3.63) is 57.6 Å². The number of likely N-dealkylation sites (N-methyl/N-ethyl adjacent to an activating group) is 1. The quantitative estimate of drug-likeness (QED) is 0.254. The third-order valence-electron chi connectivity index (χ3n) is 7.29. The molecule has 11 nitrogen and oxygen atoms in total. The second kappa shape index (κ2) is 12.1. The predicted octanol–water partition coefficient (Wildman–Crippen LogP) is 4.92. The number of thiazole rings is 1. The number of carboxylic acid groups (broad SMARTS) is 1. The molecule has 1 aliphatic rings. The second-order valence-corrected chi connectivity index (χ2v) is 10.8. The van der Waals surface area contributed by atoms with E-state index in [0.717, 1.165) is 42.6 Å². The zero-order chi connectivity index (χ0) is 30.9. The van der Waals surface area contributed by atoms with Crippen LogP contribution in [0.4, 0.5) is 23.8 Å². The second-order valence-electron chi connectivity index (χ2n) is 9.98. The minimum atomic E-state index is -4.67. The van der Waals surface area contributed by atoms with Crippen LogP contribution in [0.25, 0.3) is 32.7 Å². The minimum Gasteiger partial charge on any atom is -0.477 e. The Morgan fingerprint density at radius 1 is 1.16 bits per heavy atom. The van der Waals surface area contributed by atoms with Crippen molar-refractivity contribution in [1.29, 1.82) is 0 Å². The van der Waals surface area contributed by atoms with Crippen molar-refractivity contribution in [3.63, 3.8) is 0 Å². The highest BCUT2D eigenvalue weighted by Crippen LogP contribution is 2.38. The Kier molecular flexibility index (Phi) is 8.46. The van der Waals surface area contributed by atoms with E-state index in [1.54, 1.807) is 11.5 Å². The highest BCUT2D eigenvalue weighted by Gasteiger charge is 2.34. The average Bonchev–Trinajstić information content (AvgIpc) is 3.64. The van der Waals surface area contributed by atoms with Crippen molar-refractivity contribution in [3.8, 4) is 21.8 Å². The van der Waals surface area contributed by atoms with Gasteiger partial charge in [-0.15, -0.1) is 11.3 Å². The number of hydrogen-bond donors (Lipinski definition) is 3. The van der Waals surface area contributed by atoms with Gasteiger partial charge in [0.05, 0.1) is 22.8 Å². The standard InChI is InChI=1S/C28H28F3N7O4S/c1-3-32-27(42)36-23-9-16(25-35-22(14-43-25)28(29,30)31)18(10-34-23)20-8-17-21(11-33-20)38(13-19(24(17)39)26(40)41)12-15-6-5-7-37(15)4-2/h8-11,13-15H,3-7,12H2,1-2H3,(H,40,41)(H2,32,34,36,42). The summed E-state index contributed by atoms with van der Waals surface area (Å²) >= 11 is 0.749. The molecule has 1 aliphatic heterocycles. The van der Waals surface area contributed by atoms with Crippen molar-refractivity contribution in [2.45, 2.75) is 45.5 Å². The van der Waals surface area contributed by atoms with Gasteiger partial charge in [0.25, 0.3) is 0 Å². The lowest BCUT2D eigenvalue weighted by Gasteiger charge is -2.25. The van der Waals surface area contributed by atoms with Crippen molar-refractivity contribution in [2.75, 3.05) is 25.0 Å². The molecule has 5 rings (SSSR count). The van der Waals surface area contributed by atoms with Crippen LogP contribution in [-0.4, -0.2) is 67.2 Å². The molecule has 4 aromatic heterocycles. The number of amides is 2. The molecule has 43 heavy (non-hydrogen) atoms. The first-order valence-electron chi connectivity index (χ1n) is 13.6. The third kappa shape index (κ3) is 6.22. The van der Waals surface area contributed by atoms with E-state index >= 15 is 0 Å². The fourth-order valence-corrected chi connectivity index (χ4v) is 6.09. The number of urea groups is 1. The van der Waals surface area contributed by atoms with E-state index in [4.69, 9.17) is 0 Å². The summed E-state index contributed by atoms with van der Waals surface area (Å²) in [6.45, 7) is 6.34. The molecule has 0 spiro atoms. The number of carboxylic acids is 1. The smallest absolute Gasteiger partial charge is 0.434 e. The van der Waals surface area contributed by atoms with E-state index in [1.807, 2.05) is 0 Å². The van der Waals surface area contributed by atoms with E-state index in [0.29, 0.717) is 18.6 Å². The van der Waals surface area contributed by atoms with Crippen molar-refractivity contribution >= 4 is 40.1 Å². The summed E-state index contributed by atoms with van der Waals surface area (Å²) in [5.41, 5.74) is -1.16. The van der Waals surface area contributed by atoms with Gasteiger partial charge in [-0.2, -0.15) is 13.2 Å². The van der Waals surface area contributed by atoms with Gasteiger partial charge in [-0.3, -0.25) is 20.0 Å². The molecular weight excluding hydrogens is 587 g/mol. The maximum absolute atomic E-state index is 13.4. The molecule has 1 fully saturated rings. The topological polar surface area (TPSA) is 142 Å². The Morgan fingerprint density at radius 2 is 1.95 bits per heavy atom. The summed E-state index contributed by atoms with van der Waals surface area (Å²) in [7, 11) is 0. The molecule has 1 unspecified atom stereocenters. The van der Waals surface area contributed by atoms with Gasteiger partial charge in [-0.25, -0.2) is 19.6 Å². The number of alkyl halides is 3. The molecule has 1 atom stereocenters. The molecule has 3 N–H and O–H groups in total. The fourth-order valence-electron chi connectivity index (χ4n) is 5.24. The van der Waals surface area contributed by atoms with Crippen molar-refractivity contribution in [2.24, 2.45) is 0 Å². The molecule has 5 heterocycles. The number of carbonyl (C=O) groups excluding carboxylic acids is 1. The number of anilines is 1. The van der Waals surface area contributed by atoms with E-state index in [1.165, 1.54) is 30.7 Å². The lowest BCUT2D eigenvalue weighted by Crippen LogP contribution is -2.33. The summed E-state index contributed by atoms with van der Waals surface area (Å²) in [5.74, 6) is -1.31. The van der Waals surface area contributed by atoms with Crippen LogP contribution in [-0.2, 0) is 12.7 Å². The Hall–Kier alpha value is -4.37. The Morgan fingerprint density at radius 3 is 2.63 bits per heavy atom. The number of rotatable bonds is 8. The number of fused-ring (bicyclic) bond motifs is 1. The van der Waals surface area contributed by atoms with Gasteiger partial charge < -0.3 is 15.0 Å². The molecule has 0 bridgehead atoms. The van der Waals surface area contributed by atoms with Gasteiger partial charge in [0.15, 0.2) is 5.69 Å². The summed E-state index contributed by atoms with van der Waals surface area (Å²) in [6, 6.07) is 2.40. The molecule has 2 amide bonds. The van der Waals surface area contributed by atoms with Crippen molar-refractivity contribution in [1.82, 2.24) is 29.7 Å². The molecule has 0 aliphatic carbocycles. The monoisotopic (exact) mass is 615 g/mol. The maximum Gasteiger partial charge on any atom is 0.434 e. The molecule has 4 aromatic rings. The molecule has 0 saturated carbocycles. The van der Waals surface area contributed by atoms with Gasteiger partial charge >= 0.3 is 18.2 Å². The lowest BCUT2D eigenvalue weighted by atomic mass is 10.0. The van der Waals surface area contributed by atoms with Crippen LogP contribution in [0.3, 0.4) is 0 Å². The Labute approximate surface area is 247 Å². The van der Waals surface area contributed by atoms with E-state index in [9.17, 15) is 32.7 Å². The van der Waals surface area contributed by atoms with Crippen LogP contribution in [0.5, 0.6) is 0 Å². The number of aromatic nitrogens is 4. The number of pyridine rings is 3. The number of likely N-dealkylation sites (tertiary alicyclic amines) is 1. The van der Waals surface area contributed by atoms with Crippen LogP contribution < -0.4 is 16.1 Å². The normalized spacial score (nSPS) is 15.6. The van der Waals surface area contributed by atoms with Crippen LogP contribution >= 0.6 is 11.3 Å². The zero-order valence-corrected chi connectivity index (χ0v) is 24.1. The lowest BCUT2D eigenvalue weighted by molar-refractivity contribution is -0.140. The van der Waals surface area contributed by atoms with Crippen LogP contribution in [0, 0.1) is 0 Å². The first-order chi connectivity index (χ1) is 20.5. The summed E-state index contributed by atoms with van der Waals surface area (Å²) in [6.07, 6.45) is 1.38. The van der Waals surface area contributed by atoms with Gasteiger partial charge in [-0.05, 0) is 45.0 Å². The maximum atomic E-state index is 13.4. The fraction of sp³-hybridized carbons (Fsp3) is 0.357. The van der Waals surface area contributed by atoms with Gasteiger partial charge in [0.2, 0.25) is 5.43 Å². The number of nitrogens with zero attached hydrogens (tertiary/aromatic N) is 5. The first-order valence-corrected chi connectivity index (χ1v) is 14.5. The molecule has 0 radical (unpaired) electrons. The molecule has 15 heteroatoms. The Balaban J connectivity index is 1.65. The average molecular weight is 616 g/mol. The highest BCUT2D eigenvalue weighted by molar-refractivity contribution is 7.13. The number of hydrogen-bond acceptors (Lipinski definition) is 8. The summed E-state index contributed by atoms with van der Waals surface area (Å²) in [5, 5.41) is 15.8. The zero-order valence-electron chi connectivity index (χ0n) is 23.2. The van der Waals surface area contributed by atoms with E-state index in [-0.39, 0.29) is 39.1 Å². The van der Waals surface area contributed by atoms with Crippen LogP contribution in [0.1, 0.15) is 42.7 Å². The number of aromatic carboxylic acids is 1.